The molecule has 19 heavy (non-hydrogen) atoms. The van der Waals surface area contributed by atoms with E-state index in [9.17, 15) is 4.79 Å². The van der Waals surface area contributed by atoms with Crippen LogP contribution in [0, 0.1) is 0 Å². The van der Waals surface area contributed by atoms with Crippen molar-refractivity contribution in [2.75, 3.05) is 18.1 Å². The summed E-state index contributed by atoms with van der Waals surface area (Å²) in [4.78, 5) is 11.2. The Labute approximate surface area is 124 Å². The van der Waals surface area contributed by atoms with Crippen molar-refractivity contribution in [2.24, 2.45) is 0 Å². The van der Waals surface area contributed by atoms with E-state index in [1.54, 1.807) is 19.2 Å². The highest BCUT2D eigenvalue weighted by atomic mass is 127. The van der Waals surface area contributed by atoms with E-state index in [2.05, 4.69) is 22.6 Å². The molecule has 0 atom stereocenters. The maximum absolute atomic E-state index is 11.2. The Morgan fingerprint density at radius 3 is 2.79 bits per heavy atom. The molecule has 0 saturated heterocycles. The summed E-state index contributed by atoms with van der Waals surface area (Å²) in [5.74, 6) is 1.26. The summed E-state index contributed by atoms with van der Waals surface area (Å²) in [5.41, 5.74) is 0.144. The lowest BCUT2D eigenvalue weighted by molar-refractivity contribution is 0.289. The third-order valence-electron chi connectivity index (χ3n) is 2.69. The van der Waals surface area contributed by atoms with Crippen molar-refractivity contribution >= 4 is 33.6 Å². The molecule has 0 fully saturated rings. The molecule has 2 aromatic rings. The van der Waals surface area contributed by atoms with Gasteiger partial charge in [0.25, 0.3) is 0 Å². The minimum absolute atomic E-state index is 0.367. The number of hydrogen-bond donors (Lipinski definition) is 0. The highest BCUT2D eigenvalue weighted by molar-refractivity contribution is 14.1. The zero-order chi connectivity index (χ0) is 13.7. The van der Waals surface area contributed by atoms with E-state index in [1.807, 2.05) is 6.07 Å². The first-order valence-electron chi connectivity index (χ1n) is 6.05. The van der Waals surface area contributed by atoms with Gasteiger partial charge in [-0.15, -0.1) is 0 Å². The largest absolute Gasteiger partial charge is 0.493 e. The third kappa shape index (κ3) is 3.62. The van der Waals surface area contributed by atoms with E-state index < -0.39 is 0 Å². The van der Waals surface area contributed by atoms with E-state index in [0.29, 0.717) is 23.7 Å². The number of fused-ring (bicyclic) bond motifs is 1. The highest BCUT2D eigenvalue weighted by Crippen LogP contribution is 2.31. The Morgan fingerprint density at radius 2 is 2.05 bits per heavy atom. The van der Waals surface area contributed by atoms with Gasteiger partial charge >= 0.3 is 5.63 Å². The normalized spacial score (nSPS) is 10.6. The van der Waals surface area contributed by atoms with E-state index in [-0.39, 0.29) is 5.63 Å². The summed E-state index contributed by atoms with van der Waals surface area (Å²) < 4.78 is 17.2. The van der Waals surface area contributed by atoms with Gasteiger partial charge in [0.05, 0.1) is 13.7 Å². The van der Waals surface area contributed by atoms with Crippen LogP contribution >= 0.6 is 22.6 Å². The van der Waals surface area contributed by atoms with Gasteiger partial charge in [-0.2, -0.15) is 0 Å². The monoisotopic (exact) mass is 374 g/mol. The second-order valence-electron chi connectivity index (χ2n) is 4.04. The molecular formula is C14H15IO4. The zero-order valence-corrected chi connectivity index (χ0v) is 12.8. The van der Waals surface area contributed by atoms with Gasteiger partial charge in [-0.05, 0) is 29.4 Å². The number of alkyl halides is 1. The molecule has 2 rings (SSSR count). The van der Waals surface area contributed by atoms with E-state index in [4.69, 9.17) is 13.9 Å². The van der Waals surface area contributed by atoms with Crippen LogP contribution in [0.3, 0.4) is 0 Å². The highest BCUT2D eigenvalue weighted by Gasteiger charge is 2.08. The molecule has 102 valence electrons. The Kier molecular flexibility index (Phi) is 5.07. The lowest BCUT2D eigenvalue weighted by Crippen LogP contribution is -2.01. The number of rotatable bonds is 6. The van der Waals surface area contributed by atoms with Crippen LogP contribution in [0.15, 0.2) is 33.5 Å². The van der Waals surface area contributed by atoms with Crippen LogP contribution in [0.4, 0.5) is 0 Å². The van der Waals surface area contributed by atoms with Crippen molar-refractivity contribution in [3.05, 3.63) is 34.7 Å². The van der Waals surface area contributed by atoms with Gasteiger partial charge < -0.3 is 13.9 Å². The summed E-state index contributed by atoms with van der Waals surface area (Å²) in [5, 5.41) is 0.816. The number of unbranched alkanes of at least 4 members (excludes halogenated alkanes) is 1. The predicted molar refractivity (Wildman–Crippen MR) is 82.7 cm³/mol. The van der Waals surface area contributed by atoms with Gasteiger partial charge in [-0.3, -0.25) is 0 Å². The summed E-state index contributed by atoms with van der Waals surface area (Å²) >= 11 is 2.34. The number of hydrogen-bond acceptors (Lipinski definition) is 4. The van der Waals surface area contributed by atoms with E-state index >= 15 is 0 Å². The summed E-state index contributed by atoms with van der Waals surface area (Å²) in [6.45, 7) is 0.627. The smallest absolute Gasteiger partial charge is 0.336 e. The molecule has 0 bridgehead atoms. The average Bonchev–Trinajstić information content (AvgIpc) is 2.42. The standard InChI is InChI=1S/C14H15IO4/c1-17-12-8-10-4-5-14(16)19-11(10)9-13(12)18-7-3-2-6-15/h4-5,8-9H,2-3,6-7H2,1H3. The molecule has 1 aromatic carbocycles. The Morgan fingerprint density at radius 1 is 1.21 bits per heavy atom. The van der Waals surface area contributed by atoms with Crippen LogP contribution in [-0.4, -0.2) is 18.1 Å². The van der Waals surface area contributed by atoms with Crippen molar-refractivity contribution in [3.63, 3.8) is 0 Å². The number of benzene rings is 1. The Hall–Kier alpha value is -1.24. The van der Waals surface area contributed by atoms with Crippen LogP contribution in [0.5, 0.6) is 11.5 Å². The molecule has 0 unspecified atom stereocenters. The van der Waals surface area contributed by atoms with Crippen LogP contribution in [-0.2, 0) is 0 Å². The Balaban J connectivity index is 2.27. The van der Waals surface area contributed by atoms with E-state index in [0.717, 1.165) is 22.7 Å². The van der Waals surface area contributed by atoms with Gasteiger partial charge in [-0.1, -0.05) is 22.6 Å². The maximum atomic E-state index is 11.2. The topological polar surface area (TPSA) is 48.7 Å². The second-order valence-corrected chi connectivity index (χ2v) is 5.12. The molecule has 0 amide bonds. The van der Waals surface area contributed by atoms with Crippen LogP contribution < -0.4 is 15.1 Å². The number of methoxy groups -OCH3 is 1. The first-order chi connectivity index (χ1) is 9.24. The number of ether oxygens (including phenoxy) is 2. The molecule has 1 heterocycles. The SMILES string of the molecule is COc1cc2ccc(=O)oc2cc1OCCCCI. The van der Waals surface area contributed by atoms with Gasteiger partial charge in [-0.25, -0.2) is 4.79 Å². The lowest BCUT2D eigenvalue weighted by Gasteiger charge is -2.11. The Bertz CT molecular complexity index is 606. The molecule has 5 heteroatoms. The zero-order valence-electron chi connectivity index (χ0n) is 10.6. The fraction of sp³-hybridized carbons (Fsp3) is 0.357. The molecule has 0 aliphatic carbocycles. The average molecular weight is 374 g/mol. The van der Waals surface area contributed by atoms with Gasteiger partial charge in [0.2, 0.25) is 0 Å². The third-order valence-corrected chi connectivity index (χ3v) is 3.45. The first kappa shape index (κ1) is 14.2. The van der Waals surface area contributed by atoms with Crippen molar-refractivity contribution in [1.29, 1.82) is 0 Å². The molecule has 0 aliphatic rings. The summed E-state index contributed by atoms with van der Waals surface area (Å²) in [6, 6.07) is 6.62. The molecule has 0 saturated carbocycles. The van der Waals surface area contributed by atoms with Gasteiger partial charge in [0.1, 0.15) is 5.58 Å². The summed E-state index contributed by atoms with van der Waals surface area (Å²) in [6.07, 6.45) is 2.11. The maximum Gasteiger partial charge on any atom is 0.336 e. The molecule has 0 N–H and O–H groups in total. The molecule has 0 spiro atoms. The van der Waals surface area contributed by atoms with Crippen LogP contribution in [0.1, 0.15) is 12.8 Å². The lowest BCUT2D eigenvalue weighted by atomic mass is 10.2. The predicted octanol–water partition coefficient (Wildman–Crippen LogP) is 3.40. The van der Waals surface area contributed by atoms with Gasteiger partial charge in [0, 0.05) is 17.5 Å². The van der Waals surface area contributed by atoms with Crippen molar-refractivity contribution in [1.82, 2.24) is 0 Å². The van der Waals surface area contributed by atoms with Gasteiger partial charge in [0.15, 0.2) is 11.5 Å². The van der Waals surface area contributed by atoms with Crippen molar-refractivity contribution in [3.8, 4) is 11.5 Å². The van der Waals surface area contributed by atoms with Crippen LogP contribution in [0.25, 0.3) is 11.0 Å². The molecule has 0 radical (unpaired) electrons. The second kappa shape index (κ2) is 6.79. The summed E-state index contributed by atoms with van der Waals surface area (Å²) in [7, 11) is 1.60. The first-order valence-corrected chi connectivity index (χ1v) is 7.58. The molecule has 0 aliphatic heterocycles. The molecular weight excluding hydrogens is 359 g/mol. The molecule has 1 aromatic heterocycles. The molecule has 4 nitrogen and oxygen atoms in total. The quantitative estimate of drug-likeness (QED) is 0.337. The fourth-order valence-electron chi connectivity index (χ4n) is 1.73. The van der Waals surface area contributed by atoms with Crippen LogP contribution in [0.2, 0.25) is 0 Å². The minimum atomic E-state index is -0.367. The van der Waals surface area contributed by atoms with E-state index in [1.165, 1.54) is 6.07 Å². The fourth-order valence-corrected chi connectivity index (χ4v) is 2.27. The number of halogens is 1. The minimum Gasteiger partial charge on any atom is -0.493 e. The van der Waals surface area contributed by atoms with Crippen molar-refractivity contribution in [2.45, 2.75) is 12.8 Å². The van der Waals surface area contributed by atoms with Crippen molar-refractivity contribution < 1.29 is 13.9 Å².